The molecule has 0 N–H and O–H groups in total. The SMILES string of the molecule is CC1(C)OB(c2ccc(-c3nc(-c4ccccc4)nc(-c4ccc5c6ccccc6c6ccccc6c5c4)n3)cc2)OC1(C)C. The molecule has 1 fully saturated rings. The summed E-state index contributed by atoms with van der Waals surface area (Å²) < 4.78 is 12.6. The van der Waals surface area contributed by atoms with Crippen LogP contribution in [0.2, 0.25) is 0 Å². The van der Waals surface area contributed by atoms with E-state index in [1.165, 1.54) is 32.3 Å². The highest BCUT2D eigenvalue weighted by atomic mass is 16.7. The highest BCUT2D eigenvalue weighted by Gasteiger charge is 2.51. The van der Waals surface area contributed by atoms with E-state index in [2.05, 4.69) is 94.4 Å². The first-order valence-electron chi connectivity index (χ1n) is 15.4. The van der Waals surface area contributed by atoms with Crippen LogP contribution in [0.1, 0.15) is 27.7 Å². The zero-order valence-electron chi connectivity index (χ0n) is 25.8. The number of fused-ring (bicyclic) bond motifs is 6. The molecule has 218 valence electrons. The van der Waals surface area contributed by atoms with Gasteiger partial charge in [-0.05, 0) is 71.5 Å². The lowest BCUT2D eigenvalue weighted by atomic mass is 9.79. The molecule has 5 nitrogen and oxygen atoms in total. The minimum Gasteiger partial charge on any atom is -0.399 e. The molecule has 6 aromatic carbocycles. The van der Waals surface area contributed by atoms with Gasteiger partial charge in [0.05, 0.1) is 11.2 Å². The number of rotatable bonds is 4. The quantitative estimate of drug-likeness (QED) is 0.153. The van der Waals surface area contributed by atoms with Crippen molar-refractivity contribution < 1.29 is 9.31 Å². The molecule has 45 heavy (non-hydrogen) atoms. The maximum absolute atomic E-state index is 6.28. The number of hydrogen-bond donors (Lipinski definition) is 0. The fourth-order valence-corrected chi connectivity index (χ4v) is 6.17. The standard InChI is InChI=1S/C39H32BN3O2/c1-38(2)39(3,4)45-40(44-38)28-21-18-26(19-22-28)36-41-35(25-12-6-5-7-13-25)42-37(43-36)27-20-23-33-31-16-9-8-14-29(31)30-15-10-11-17-32(30)34(33)24-27/h5-24H,1-4H3. The topological polar surface area (TPSA) is 57.1 Å². The van der Waals surface area contributed by atoms with Crippen molar-refractivity contribution >= 4 is 44.9 Å². The minimum atomic E-state index is -0.429. The van der Waals surface area contributed by atoms with Gasteiger partial charge < -0.3 is 9.31 Å². The highest BCUT2D eigenvalue weighted by molar-refractivity contribution is 6.62. The van der Waals surface area contributed by atoms with Crippen molar-refractivity contribution in [1.82, 2.24) is 15.0 Å². The van der Waals surface area contributed by atoms with Crippen LogP contribution in [0.5, 0.6) is 0 Å². The fraction of sp³-hybridized carbons (Fsp3) is 0.154. The van der Waals surface area contributed by atoms with Crippen LogP contribution < -0.4 is 5.46 Å². The Labute approximate surface area is 263 Å². The van der Waals surface area contributed by atoms with E-state index in [0.29, 0.717) is 17.5 Å². The van der Waals surface area contributed by atoms with Gasteiger partial charge in [-0.2, -0.15) is 0 Å². The lowest BCUT2D eigenvalue weighted by molar-refractivity contribution is 0.00578. The Morgan fingerprint density at radius 2 is 0.822 bits per heavy atom. The summed E-state index contributed by atoms with van der Waals surface area (Å²) in [4.78, 5) is 15.0. The number of hydrogen-bond acceptors (Lipinski definition) is 5. The van der Waals surface area contributed by atoms with Crippen molar-refractivity contribution in [3.8, 4) is 34.2 Å². The third-order valence-electron chi connectivity index (χ3n) is 9.36. The largest absolute Gasteiger partial charge is 0.494 e. The van der Waals surface area contributed by atoms with Crippen molar-refractivity contribution in [2.24, 2.45) is 0 Å². The van der Waals surface area contributed by atoms with E-state index in [1.807, 2.05) is 54.6 Å². The summed E-state index contributed by atoms with van der Waals surface area (Å²) in [5.74, 6) is 1.88. The average molecular weight is 586 g/mol. The van der Waals surface area contributed by atoms with Gasteiger partial charge in [0.1, 0.15) is 0 Å². The molecule has 0 radical (unpaired) electrons. The molecule has 0 bridgehead atoms. The maximum atomic E-state index is 6.28. The Morgan fingerprint density at radius 1 is 0.422 bits per heavy atom. The van der Waals surface area contributed by atoms with Crippen LogP contribution in [0.15, 0.2) is 121 Å². The number of nitrogens with zero attached hydrogens (tertiary/aromatic N) is 3. The van der Waals surface area contributed by atoms with Crippen molar-refractivity contribution in [3.63, 3.8) is 0 Å². The molecule has 1 aliphatic heterocycles. The van der Waals surface area contributed by atoms with E-state index < -0.39 is 18.3 Å². The summed E-state index contributed by atoms with van der Waals surface area (Å²) in [6.45, 7) is 8.27. The van der Waals surface area contributed by atoms with Gasteiger partial charge in [0.2, 0.25) is 0 Å². The first kappa shape index (κ1) is 27.6. The van der Waals surface area contributed by atoms with E-state index in [9.17, 15) is 0 Å². The van der Waals surface area contributed by atoms with Gasteiger partial charge >= 0.3 is 7.12 Å². The molecule has 2 heterocycles. The van der Waals surface area contributed by atoms with Crippen LogP contribution in [0.25, 0.3) is 66.5 Å². The van der Waals surface area contributed by atoms with Gasteiger partial charge in [0.15, 0.2) is 17.5 Å². The van der Waals surface area contributed by atoms with Gasteiger partial charge in [0, 0.05) is 16.7 Å². The van der Waals surface area contributed by atoms with Crippen molar-refractivity contribution in [2.45, 2.75) is 38.9 Å². The Bertz CT molecular complexity index is 2180. The van der Waals surface area contributed by atoms with Gasteiger partial charge in [-0.25, -0.2) is 15.0 Å². The lowest BCUT2D eigenvalue weighted by Crippen LogP contribution is -2.41. The molecule has 1 aliphatic rings. The van der Waals surface area contributed by atoms with Gasteiger partial charge in [-0.1, -0.05) is 115 Å². The van der Waals surface area contributed by atoms with Crippen molar-refractivity contribution in [3.05, 3.63) is 121 Å². The Kier molecular flexibility index (Phi) is 6.35. The van der Waals surface area contributed by atoms with Crippen LogP contribution in [0, 0.1) is 0 Å². The predicted octanol–water partition coefficient (Wildman–Crippen LogP) is 8.63. The molecular weight excluding hydrogens is 553 g/mol. The van der Waals surface area contributed by atoms with Crippen molar-refractivity contribution in [2.75, 3.05) is 0 Å². The second-order valence-electron chi connectivity index (χ2n) is 12.7. The van der Waals surface area contributed by atoms with E-state index in [1.54, 1.807) is 0 Å². The molecule has 1 aromatic heterocycles. The summed E-state index contributed by atoms with van der Waals surface area (Å²) in [6.07, 6.45) is 0. The van der Waals surface area contributed by atoms with E-state index in [0.717, 1.165) is 22.2 Å². The van der Waals surface area contributed by atoms with E-state index in [-0.39, 0.29) is 0 Å². The Hall–Kier alpha value is -4.91. The first-order valence-corrected chi connectivity index (χ1v) is 15.4. The zero-order chi connectivity index (χ0) is 30.8. The van der Waals surface area contributed by atoms with E-state index in [4.69, 9.17) is 24.3 Å². The molecule has 0 saturated carbocycles. The number of aromatic nitrogens is 3. The zero-order valence-corrected chi connectivity index (χ0v) is 25.8. The Morgan fingerprint density at radius 3 is 1.36 bits per heavy atom. The average Bonchev–Trinajstić information content (AvgIpc) is 3.30. The van der Waals surface area contributed by atoms with Gasteiger partial charge in [-0.3, -0.25) is 0 Å². The van der Waals surface area contributed by atoms with Crippen molar-refractivity contribution in [1.29, 1.82) is 0 Å². The van der Waals surface area contributed by atoms with Crippen LogP contribution >= 0.6 is 0 Å². The lowest BCUT2D eigenvalue weighted by Gasteiger charge is -2.32. The van der Waals surface area contributed by atoms with Crippen LogP contribution in [0.3, 0.4) is 0 Å². The normalized spacial score (nSPS) is 15.7. The summed E-state index contributed by atoms with van der Waals surface area (Å²) in [5.41, 5.74) is 2.94. The molecular formula is C39H32BN3O2. The Balaban J connectivity index is 1.26. The summed E-state index contributed by atoms with van der Waals surface area (Å²) in [6, 6.07) is 42.0. The summed E-state index contributed by atoms with van der Waals surface area (Å²) >= 11 is 0. The van der Waals surface area contributed by atoms with Gasteiger partial charge in [0.25, 0.3) is 0 Å². The summed E-state index contributed by atoms with van der Waals surface area (Å²) in [7, 11) is -0.429. The summed E-state index contributed by atoms with van der Waals surface area (Å²) in [5, 5.41) is 7.33. The van der Waals surface area contributed by atoms with Crippen LogP contribution in [0.4, 0.5) is 0 Å². The molecule has 0 unspecified atom stereocenters. The first-order chi connectivity index (χ1) is 21.8. The molecule has 0 spiro atoms. The molecule has 0 atom stereocenters. The number of benzene rings is 6. The molecule has 0 amide bonds. The molecule has 0 aliphatic carbocycles. The third kappa shape index (κ3) is 4.69. The smallest absolute Gasteiger partial charge is 0.399 e. The highest BCUT2D eigenvalue weighted by Crippen LogP contribution is 2.38. The maximum Gasteiger partial charge on any atom is 0.494 e. The molecule has 1 saturated heterocycles. The fourth-order valence-electron chi connectivity index (χ4n) is 6.17. The molecule has 6 heteroatoms. The predicted molar refractivity (Wildman–Crippen MR) is 184 cm³/mol. The second kappa shape index (κ2) is 10.3. The monoisotopic (exact) mass is 585 g/mol. The minimum absolute atomic E-state index is 0.401. The van der Waals surface area contributed by atoms with Gasteiger partial charge in [-0.15, -0.1) is 0 Å². The molecule has 7 aromatic rings. The van der Waals surface area contributed by atoms with Crippen LogP contribution in [-0.4, -0.2) is 33.3 Å². The van der Waals surface area contributed by atoms with E-state index >= 15 is 0 Å². The van der Waals surface area contributed by atoms with Crippen LogP contribution in [-0.2, 0) is 9.31 Å². The second-order valence-corrected chi connectivity index (χ2v) is 12.7. The molecule has 8 rings (SSSR count). The third-order valence-corrected chi connectivity index (χ3v) is 9.36.